The number of carboxylic acids is 1. The summed E-state index contributed by atoms with van der Waals surface area (Å²) < 4.78 is 0. The normalized spacial score (nSPS) is 13.5. The van der Waals surface area contributed by atoms with Gasteiger partial charge in [-0.3, -0.25) is 9.59 Å². The predicted molar refractivity (Wildman–Crippen MR) is 67.7 cm³/mol. The summed E-state index contributed by atoms with van der Waals surface area (Å²) in [5, 5.41) is 11.4. The zero-order valence-electron chi connectivity index (χ0n) is 11.5. The quantitative estimate of drug-likeness (QED) is 0.721. The van der Waals surface area contributed by atoms with Crippen molar-refractivity contribution in [2.24, 2.45) is 11.3 Å². The number of nitrogens with one attached hydrogen (secondary N) is 1. The van der Waals surface area contributed by atoms with Gasteiger partial charge in [0.15, 0.2) is 0 Å². The molecule has 4 nitrogen and oxygen atoms in total. The van der Waals surface area contributed by atoms with Gasteiger partial charge in [0.2, 0.25) is 5.91 Å². The number of carbonyl (C=O) groups is 2. The van der Waals surface area contributed by atoms with Gasteiger partial charge >= 0.3 is 5.97 Å². The van der Waals surface area contributed by atoms with Gasteiger partial charge in [-0.2, -0.15) is 0 Å². The summed E-state index contributed by atoms with van der Waals surface area (Å²) in [5.41, 5.74) is -0.433. The molecular weight excluding hydrogens is 218 g/mol. The van der Waals surface area contributed by atoms with E-state index in [-0.39, 0.29) is 5.91 Å². The number of aliphatic carboxylic acids is 1. The molecule has 0 saturated heterocycles. The maximum absolute atomic E-state index is 12.2. The van der Waals surface area contributed by atoms with Crippen LogP contribution in [0, 0.1) is 11.3 Å². The molecule has 100 valence electrons. The Labute approximate surface area is 104 Å². The van der Waals surface area contributed by atoms with Crippen LogP contribution in [0.1, 0.15) is 53.9 Å². The second kappa shape index (κ2) is 6.62. The summed E-state index contributed by atoms with van der Waals surface area (Å²) in [5.74, 6) is -0.712. The van der Waals surface area contributed by atoms with Gasteiger partial charge in [-0.1, -0.05) is 27.7 Å². The molecule has 0 heterocycles. The molecule has 2 N–H and O–H groups in total. The summed E-state index contributed by atoms with van der Waals surface area (Å²) in [7, 11) is 0. The summed E-state index contributed by atoms with van der Waals surface area (Å²) >= 11 is 0. The predicted octanol–water partition coefficient (Wildman–Crippen LogP) is 2.43. The van der Waals surface area contributed by atoms with Gasteiger partial charge in [0.25, 0.3) is 0 Å². The fourth-order valence-electron chi connectivity index (χ4n) is 2.15. The minimum absolute atomic E-state index is 0.133. The maximum Gasteiger partial charge on any atom is 0.325 e. The van der Waals surface area contributed by atoms with E-state index < -0.39 is 17.4 Å². The summed E-state index contributed by atoms with van der Waals surface area (Å²) in [6.07, 6.45) is 2.26. The molecule has 0 saturated carbocycles. The molecule has 1 unspecified atom stereocenters. The van der Waals surface area contributed by atoms with Gasteiger partial charge in [-0.05, 0) is 32.1 Å². The van der Waals surface area contributed by atoms with Gasteiger partial charge in [-0.25, -0.2) is 0 Å². The van der Waals surface area contributed by atoms with Crippen LogP contribution in [0.25, 0.3) is 0 Å². The van der Waals surface area contributed by atoms with Crippen molar-refractivity contribution in [2.75, 3.05) is 0 Å². The van der Waals surface area contributed by atoms with Gasteiger partial charge in [-0.15, -0.1) is 0 Å². The van der Waals surface area contributed by atoms with E-state index >= 15 is 0 Å². The average Bonchev–Trinajstić information content (AvgIpc) is 2.25. The molecule has 0 aromatic heterocycles. The Morgan fingerprint density at radius 2 is 1.65 bits per heavy atom. The van der Waals surface area contributed by atoms with Crippen molar-refractivity contribution in [3.8, 4) is 0 Å². The minimum Gasteiger partial charge on any atom is -0.480 e. The number of hydrogen-bond donors (Lipinski definition) is 2. The Kier molecular flexibility index (Phi) is 6.21. The van der Waals surface area contributed by atoms with Crippen LogP contribution in [-0.4, -0.2) is 23.0 Å². The second-order valence-corrected chi connectivity index (χ2v) is 5.12. The summed E-state index contributed by atoms with van der Waals surface area (Å²) in [4.78, 5) is 22.9. The number of carbonyl (C=O) groups excluding carboxylic acids is 1. The smallest absolute Gasteiger partial charge is 0.325 e. The Bertz CT molecular complexity index is 270. The molecule has 1 amide bonds. The third-order valence-electron chi connectivity index (χ3n) is 3.35. The van der Waals surface area contributed by atoms with E-state index in [0.717, 1.165) is 19.3 Å². The van der Waals surface area contributed by atoms with Crippen molar-refractivity contribution in [1.29, 1.82) is 0 Å². The molecule has 0 fully saturated rings. The van der Waals surface area contributed by atoms with Gasteiger partial charge in [0, 0.05) is 5.41 Å². The van der Waals surface area contributed by atoms with Crippen molar-refractivity contribution in [2.45, 2.75) is 59.9 Å². The fraction of sp³-hybridized carbons (Fsp3) is 0.846. The van der Waals surface area contributed by atoms with Crippen molar-refractivity contribution < 1.29 is 14.7 Å². The first-order chi connectivity index (χ1) is 7.79. The van der Waals surface area contributed by atoms with Crippen molar-refractivity contribution in [1.82, 2.24) is 5.32 Å². The molecule has 4 heteroatoms. The first-order valence-corrected chi connectivity index (χ1v) is 6.32. The minimum atomic E-state index is -0.996. The maximum atomic E-state index is 12.2. The molecule has 17 heavy (non-hydrogen) atoms. The van der Waals surface area contributed by atoms with E-state index in [1.807, 2.05) is 13.8 Å². The Morgan fingerprint density at radius 1 is 1.18 bits per heavy atom. The lowest BCUT2D eigenvalue weighted by Gasteiger charge is -2.32. The van der Waals surface area contributed by atoms with Crippen molar-refractivity contribution >= 4 is 11.9 Å². The van der Waals surface area contributed by atoms with E-state index in [1.54, 1.807) is 0 Å². The lowest BCUT2D eigenvalue weighted by Crippen LogP contribution is -2.47. The molecule has 0 aliphatic heterocycles. The first kappa shape index (κ1) is 15.9. The standard InChI is InChI=1S/C13H25NO3/c1-6-13(7-2,8-9(3)4)12(17)14-10(5)11(15)16/h9-10H,6-8H2,1-5H3,(H,14,17)(H,15,16). The SMILES string of the molecule is CCC(CC)(CC(C)C)C(=O)NC(C)C(=O)O. The van der Waals surface area contributed by atoms with Crippen LogP contribution in [0.3, 0.4) is 0 Å². The van der Waals surface area contributed by atoms with Crippen LogP contribution in [0.15, 0.2) is 0 Å². The Morgan fingerprint density at radius 3 is 1.94 bits per heavy atom. The zero-order chi connectivity index (χ0) is 13.6. The van der Waals surface area contributed by atoms with Gasteiger partial charge < -0.3 is 10.4 Å². The molecule has 0 aliphatic rings. The highest BCUT2D eigenvalue weighted by Crippen LogP contribution is 2.34. The molecule has 0 radical (unpaired) electrons. The van der Waals surface area contributed by atoms with Gasteiger partial charge in [0.05, 0.1) is 0 Å². The second-order valence-electron chi connectivity index (χ2n) is 5.12. The molecule has 0 bridgehead atoms. The fourth-order valence-corrected chi connectivity index (χ4v) is 2.15. The van der Waals surface area contributed by atoms with Crippen molar-refractivity contribution in [3.05, 3.63) is 0 Å². The summed E-state index contributed by atoms with van der Waals surface area (Å²) in [6, 6.07) is -0.827. The largest absolute Gasteiger partial charge is 0.480 e. The lowest BCUT2D eigenvalue weighted by atomic mass is 9.74. The van der Waals surface area contributed by atoms with Crippen LogP contribution < -0.4 is 5.32 Å². The third-order valence-corrected chi connectivity index (χ3v) is 3.35. The topological polar surface area (TPSA) is 66.4 Å². The number of hydrogen-bond acceptors (Lipinski definition) is 2. The van der Waals surface area contributed by atoms with E-state index in [2.05, 4.69) is 19.2 Å². The molecule has 0 aromatic rings. The molecule has 1 atom stereocenters. The van der Waals surface area contributed by atoms with E-state index in [4.69, 9.17) is 5.11 Å². The molecule has 0 spiro atoms. The van der Waals surface area contributed by atoms with E-state index in [9.17, 15) is 9.59 Å². The number of amides is 1. The van der Waals surface area contributed by atoms with Crippen LogP contribution in [-0.2, 0) is 9.59 Å². The van der Waals surface area contributed by atoms with Crippen LogP contribution in [0.4, 0.5) is 0 Å². The van der Waals surface area contributed by atoms with E-state index in [0.29, 0.717) is 5.92 Å². The van der Waals surface area contributed by atoms with Crippen molar-refractivity contribution in [3.63, 3.8) is 0 Å². The molecule has 0 rings (SSSR count). The molecular formula is C13H25NO3. The van der Waals surface area contributed by atoms with Crippen LogP contribution in [0.5, 0.6) is 0 Å². The monoisotopic (exact) mass is 243 g/mol. The molecule has 0 aromatic carbocycles. The first-order valence-electron chi connectivity index (χ1n) is 6.32. The third kappa shape index (κ3) is 4.36. The highest BCUT2D eigenvalue weighted by atomic mass is 16.4. The van der Waals surface area contributed by atoms with E-state index in [1.165, 1.54) is 6.92 Å². The number of rotatable bonds is 7. The molecule has 0 aliphatic carbocycles. The lowest BCUT2D eigenvalue weighted by molar-refractivity contribution is -0.144. The van der Waals surface area contributed by atoms with Crippen LogP contribution >= 0.6 is 0 Å². The summed E-state index contributed by atoms with van der Waals surface area (Å²) in [6.45, 7) is 9.61. The highest BCUT2D eigenvalue weighted by molar-refractivity contribution is 5.87. The Balaban J connectivity index is 4.81. The zero-order valence-corrected chi connectivity index (χ0v) is 11.5. The average molecular weight is 243 g/mol. The Hall–Kier alpha value is -1.06. The van der Waals surface area contributed by atoms with Gasteiger partial charge in [0.1, 0.15) is 6.04 Å². The number of carboxylic acid groups (broad SMARTS) is 1. The van der Waals surface area contributed by atoms with Crippen LogP contribution in [0.2, 0.25) is 0 Å². The highest BCUT2D eigenvalue weighted by Gasteiger charge is 2.36.